The molecule has 2 aromatic rings. The van der Waals surface area contributed by atoms with Crippen molar-refractivity contribution in [1.82, 2.24) is 9.80 Å². The molecule has 0 radical (unpaired) electrons. The number of benzene rings is 2. The Morgan fingerprint density at radius 1 is 1.09 bits per heavy atom. The first-order valence-electron chi connectivity index (χ1n) is 12.0. The Labute approximate surface area is 197 Å². The molecule has 1 fully saturated rings. The van der Waals surface area contributed by atoms with Crippen LogP contribution in [0.25, 0.3) is 0 Å². The smallest absolute Gasteiger partial charge is 0.273 e. The second-order valence-corrected chi connectivity index (χ2v) is 10.1. The summed E-state index contributed by atoms with van der Waals surface area (Å²) in [6.07, 6.45) is 0. The van der Waals surface area contributed by atoms with Gasteiger partial charge in [0.2, 0.25) is 5.91 Å². The highest BCUT2D eigenvalue weighted by Crippen LogP contribution is 2.35. The summed E-state index contributed by atoms with van der Waals surface area (Å²) in [7, 11) is 0. The van der Waals surface area contributed by atoms with Gasteiger partial charge in [-0.05, 0) is 24.3 Å². The van der Waals surface area contributed by atoms with Gasteiger partial charge in [-0.15, -0.1) is 0 Å². The number of carbonyl (C=O) groups excluding carboxylic acids is 1. The minimum atomic E-state index is -0.300. The molecule has 1 amide bonds. The fourth-order valence-corrected chi connectivity index (χ4v) is 4.87. The van der Waals surface area contributed by atoms with Crippen molar-refractivity contribution in [3.63, 3.8) is 0 Å². The van der Waals surface area contributed by atoms with Crippen molar-refractivity contribution < 1.29 is 9.72 Å². The highest BCUT2D eigenvalue weighted by atomic mass is 16.6. The van der Waals surface area contributed by atoms with Gasteiger partial charge in [-0.2, -0.15) is 0 Å². The Morgan fingerprint density at radius 3 is 2.36 bits per heavy atom. The molecular formula is C27H37N3O3. The Morgan fingerprint density at radius 2 is 1.76 bits per heavy atom. The third-order valence-electron chi connectivity index (χ3n) is 6.45. The molecule has 2 aromatic carbocycles. The first kappa shape index (κ1) is 24.9. The van der Waals surface area contributed by atoms with Crippen LogP contribution in [0.15, 0.2) is 48.5 Å². The van der Waals surface area contributed by atoms with Crippen LogP contribution in [0.3, 0.4) is 0 Å². The van der Waals surface area contributed by atoms with Gasteiger partial charge in [0.1, 0.15) is 0 Å². The Hall–Kier alpha value is -2.73. The topological polar surface area (TPSA) is 66.7 Å². The fraction of sp³-hybridized carbons (Fsp3) is 0.519. The molecule has 0 N–H and O–H groups in total. The zero-order valence-electron chi connectivity index (χ0n) is 20.5. The standard InChI is InChI=1S/C27H37N3O3/c1-19(2)14-29(27(31)20(3)4)17-24-16-28(15-23-8-6-7-9-26(23)30(32)33)18-25(24)22-12-10-21(5)11-13-22/h6-13,19-20,24-25H,14-18H2,1-5H3. The molecule has 0 bridgehead atoms. The number of likely N-dealkylation sites (tertiary alicyclic amines) is 1. The number of aryl methyl sites for hydroxylation is 1. The van der Waals surface area contributed by atoms with E-state index >= 15 is 0 Å². The van der Waals surface area contributed by atoms with Crippen LogP contribution < -0.4 is 0 Å². The molecule has 0 aromatic heterocycles. The van der Waals surface area contributed by atoms with Crippen LogP contribution in [-0.4, -0.2) is 46.8 Å². The summed E-state index contributed by atoms with van der Waals surface area (Å²) in [5, 5.41) is 11.5. The van der Waals surface area contributed by atoms with Crippen LogP contribution in [0.1, 0.15) is 50.3 Å². The molecule has 1 aliphatic heterocycles. The van der Waals surface area contributed by atoms with E-state index in [9.17, 15) is 14.9 Å². The number of hydrogen-bond acceptors (Lipinski definition) is 4. The van der Waals surface area contributed by atoms with Crippen LogP contribution in [-0.2, 0) is 11.3 Å². The van der Waals surface area contributed by atoms with Gasteiger partial charge < -0.3 is 4.90 Å². The van der Waals surface area contributed by atoms with Crippen molar-refractivity contribution in [2.24, 2.45) is 17.8 Å². The quantitative estimate of drug-likeness (QED) is 0.385. The maximum atomic E-state index is 13.0. The van der Waals surface area contributed by atoms with Crippen LogP contribution in [0.5, 0.6) is 0 Å². The molecule has 6 nitrogen and oxygen atoms in total. The van der Waals surface area contributed by atoms with Crippen molar-refractivity contribution in [2.75, 3.05) is 26.2 Å². The third-order valence-corrected chi connectivity index (χ3v) is 6.45. The Bertz CT molecular complexity index is 955. The summed E-state index contributed by atoms with van der Waals surface area (Å²) in [5.74, 6) is 1.12. The van der Waals surface area contributed by atoms with Crippen molar-refractivity contribution in [2.45, 2.75) is 47.1 Å². The predicted octanol–water partition coefficient (Wildman–Crippen LogP) is 5.26. The lowest BCUT2D eigenvalue weighted by atomic mass is 9.88. The number of carbonyl (C=O) groups is 1. The number of hydrogen-bond donors (Lipinski definition) is 0. The summed E-state index contributed by atoms with van der Waals surface area (Å²) in [5.41, 5.74) is 3.41. The minimum Gasteiger partial charge on any atom is -0.342 e. The zero-order chi connectivity index (χ0) is 24.1. The molecule has 33 heavy (non-hydrogen) atoms. The molecule has 1 aliphatic rings. The normalized spacial score (nSPS) is 18.8. The minimum absolute atomic E-state index is 0.0361. The second kappa shape index (κ2) is 10.9. The lowest BCUT2D eigenvalue weighted by Crippen LogP contribution is -2.41. The average Bonchev–Trinajstić information content (AvgIpc) is 3.15. The van der Waals surface area contributed by atoms with Crippen LogP contribution >= 0.6 is 0 Å². The van der Waals surface area contributed by atoms with Gasteiger partial charge >= 0.3 is 0 Å². The van der Waals surface area contributed by atoms with Gasteiger partial charge in [0, 0.05) is 56.2 Å². The van der Waals surface area contributed by atoms with Crippen molar-refractivity contribution in [3.05, 3.63) is 75.3 Å². The zero-order valence-corrected chi connectivity index (χ0v) is 20.5. The highest BCUT2D eigenvalue weighted by Gasteiger charge is 2.36. The maximum Gasteiger partial charge on any atom is 0.273 e. The first-order valence-corrected chi connectivity index (χ1v) is 12.0. The third kappa shape index (κ3) is 6.41. The number of rotatable bonds is 9. The van der Waals surface area contributed by atoms with Gasteiger partial charge in [-0.1, -0.05) is 75.7 Å². The number of amides is 1. The summed E-state index contributed by atoms with van der Waals surface area (Å²) in [6.45, 7) is 13.9. The molecule has 0 spiro atoms. The molecule has 6 heteroatoms. The van der Waals surface area contributed by atoms with Crippen molar-refractivity contribution in [3.8, 4) is 0 Å². The first-order chi connectivity index (χ1) is 15.7. The average molecular weight is 452 g/mol. The molecule has 178 valence electrons. The van der Waals surface area contributed by atoms with E-state index in [1.807, 2.05) is 30.9 Å². The summed E-state index contributed by atoms with van der Waals surface area (Å²) in [4.78, 5) is 28.5. The van der Waals surface area contributed by atoms with E-state index in [2.05, 4.69) is 49.9 Å². The van der Waals surface area contributed by atoms with Crippen LogP contribution in [0.4, 0.5) is 5.69 Å². The number of nitro benzene ring substituents is 1. The lowest BCUT2D eigenvalue weighted by Gasteiger charge is -2.31. The Kier molecular flexibility index (Phi) is 8.25. The van der Waals surface area contributed by atoms with Crippen molar-refractivity contribution in [1.29, 1.82) is 0 Å². The van der Waals surface area contributed by atoms with Gasteiger partial charge in [0.05, 0.1) is 4.92 Å². The second-order valence-electron chi connectivity index (χ2n) is 10.1. The Balaban J connectivity index is 1.86. The van der Waals surface area contributed by atoms with Gasteiger partial charge in [0.25, 0.3) is 5.69 Å². The van der Waals surface area contributed by atoms with E-state index in [0.29, 0.717) is 19.0 Å². The maximum absolute atomic E-state index is 13.0. The van der Waals surface area contributed by atoms with Gasteiger partial charge in [-0.3, -0.25) is 19.8 Å². The molecule has 2 atom stereocenters. The highest BCUT2D eigenvalue weighted by molar-refractivity contribution is 5.78. The molecule has 0 aliphatic carbocycles. The molecule has 3 rings (SSSR count). The SMILES string of the molecule is Cc1ccc(C2CN(Cc3ccccc3[N+](=O)[O-])CC2CN(CC(C)C)C(=O)C(C)C)cc1. The van der Waals surface area contributed by atoms with E-state index in [-0.39, 0.29) is 34.3 Å². The molecular weight excluding hydrogens is 414 g/mol. The number of para-hydroxylation sites is 1. The lowest BCUT2D eigenvalue weighted by molar-refractivity contribution is -0.385. The van der Waals surface area contributed by atoms with Crippen LogP contribution in [0, 0.1) is 34.8 Å². The molecule has 1 saturated heterocycles. The molecule has 0 saturated carbocycles. The van der Waals surface area contributed by atoms with Crippen molar-refractivity contribution >= 4 is 11.6 Å². The predicted molar refractivity (Wildman–Crippen MR) is 132 cm³/mol. The summed E-state index contributed by atoms with van der Waals surface area (Å²) < 4.78 is 0. The number of nitrogens with zero attached hydrogens (tertiary/aromatic N) is 3. The largest absolute Gasteiger partial charge is 0.342 e. The van der Waals surface area contributed by atoms with Gasteiger partial charge in [0.15, 0.2) is 0 Å². The van der Waals surface area contributed by atoms with E-state index < -0.39 is 0 Å². The van der Waals surface area contributed by atoms with E-state index in [1.165, 1.54) is 11.1 Å². The number of nitro groups is 1. The van der Waals surface area contributed by atoms with E-state index in [1.54, 1.807) is 12.1 Å². The fourth-order valence-electron chi connectivity index (χ4n) is 4.87. The summed E-state index contributed by atoms with van der Waals surface area (Å²) in [6, 6.07) is 15.7. The van der Waals surface area contributed by atoms with E-state index in [0.717, 1.165) is 25.2 Å². The summed E-state index contributed by atoms with van der Waals surface area (Å²) >= 11 is 0. The van der Waals surface area contributed by atoms with E-state index in [4.69, 9.17) is 0 Å². The van der Waals surface area contributed by atoms with Crippen LogP contribution in [0.2, 0.25) is 0 Å². The monoisotopic (exact) mass is 451 g/mol. The molecule has 1 heterocycles. The molecule has 2 unspecified atom stereocenters. The van der Waals surface area contributed by atoms with Gasteiger partial charge in [-0.25, -0.2) is 0 Å².